The highest BCUT2D eigenvalue weighted by Crippen LogP contribution is 2.25. The molecule has 33 heavy (non-hydrogen) atoms. The number of rotatable bonds is 6. The Morgan fingerprint density at radius 1 is 1.15 bits per heavy atom. The monoisotopic (exact) mass is 472 g/mol. The Morgan fingerprint density at radius 2 is 1.85 bits per heavy atom. The van der Waals surface area contributed by atoms with E-state index >= 15 is 0 Å². The number of carbonyl (C=O) groups is 2. The van der Waals surface area contributed by atoms with E-state index in [1.807, 2.05) is 17.0 Å². The third kappa shape index (κ3) is 4.76. The molecule has 0 bridgehead atoms. The van der Waals surface area contributed by atoms with Crippen molar-refractivity contribution in [1.29, 1.82) is 0 Å². The van der Waals surface area contributed by atoms with Crippen LogP contribution in [0.2, 0.25) is 5.02 Å². The fraction of sp³-hybridized carbons (Fsp3) is 0.409. The van der Waals surface area contributed by atoms with Gasteiger partial charge in [0.25, 0.3) is 5.56 Å². The number of aromatic nitrogens is 4. The van der Waals surface area contributed by atoms with Crippen LogP contribution in [0.1, 0.15) is 18.5 Å². The van der Waals surface area contributed by atoms with Crippen LogP contribution < -0.4 is 5.56 Å². The van der Waals surface area contributed by atoms with Gasteiger partial charge in [-0.3, -0.25) is 23.7 Å². The molecule has 0 spiro atoms. The summed E-state index contributed by atoms with van der Waals surface area (Å²) in [6, 6.07) is 6.55. The number of aryl methyl sites for hydroxylation is 1. The molecule has 1 fully saturated rings. The second-order valence-corrected chi connectivity index (χ2v) is 8.24. The Kier molecular flexibility index (Phi) is 6.75. The van der Waals surface area contributed by atoms with Crippen LogP contribution in [0.15, 0.2) is 41.6 Å². The van der Waals surface area contributed by atoms with Crippen molar-refractivity contribution in [3.05, 3.63) is 57.7 Å². The summed E-state index contributed by atoms with van der Waals surface area (Å²) in [6.45, 7) is 3.80. The number of halogens is 1. The maximum atomic E-state index is 12.9. The first-order valence-corrected chi connectivity index (χ1v) is 11.1. The second-order valence-electron chi connectivity index (χ2n) is 7.81. The van der Waals surface area contributed by atoms with Gasteiger partial charge in [-0.1, -0.05) is 23.7 Å². The second kappa shape index (κ2) is 9.72. The number of benzene rings is 1. The quantitative estimate of drug-likeness (QED) is 0.497. The third-order valence-corrected chi connectivity index (χ3v) is 6.00. The van der Waals surface area contributed by atoms with E-state index in [4.69, 9.17) is 16.3 Å². The van der Waals surface area contributed by atoms with Crippen LogP contribution in [-0.2, 0) is 27.9 Å². The lowest BCUT2D eigenvalue weighted by Crippen LogP contribution is -2.52. The third-order valence-electron chi connectivity index (χ3n) is 5.75. The molecule has 1 aliphatic rings. The molecule has 3 heterocycles. The molecule has 1 amide bonds. The highest BCUT2D eigenvalue weighted by molar-refractivity contribution is 6.30. The minimum atomic E-state index is -0.570. The van der Waals surface area contributed by atoms with Gasteiger partial charge in [-0.2, -0.15) is 5.10 Å². The molecule has 2 aromatic heterocycles. The van der Waals surface area contributed by atoms with Gasteiger partial charge in [0.1, 0.15) is 24.3 Å². The molecule has 0 saturated carbocycles. The van der Waals surface area contributed by atoms with E-state index in [1.54, 1.807) is 31.0 Å². The predicted molar refractivity (Wildman–Crippen MR) is 122 cm³/mol. The maximum Gasteiger partial charge on any atom is 0.328 e. The molecule has 1 saturated heterocycles. The number of hydrogen-bond donors (Lipinski definition) is 0. The van der Waals surface area contributed by atoms with Crippen molar-refractivity contribution in [2.75, 3.05) is 32.8 Å². The normalized spacial score (nSPS) is 15.5. The lowest BCUT2D eigenvalue weighted by Gasteiger charge is -2.38. The molecular weight excluding hydrogens is 448 g/mol. The summed E-state index contributed by atoms with van der Waals surface area (Å²) in [5.74, 6) is -0.511. The van der Waals surface area contributed by atoms with Gasteiger partial charge in [-0.15, -0.1) is 0 Å². The van der Waals surface area contributed by atoms with E-state index in [-0.39, 0.29) is 30.6 Å². The fourth-order valence-corrected chi connectivity index (χ4v) is 4.14. The van der Waals surface area contributed by atoms with Gasteiger partial charge in [-0.25, -0.2) is 9.78 Å². The van der Waals surface area contributed by atoms with Gasteiger partial charge >= 0.3 is 5.97 Å². The zero-order chi connectivity index (χ0) is 23.5. The molecule has 4 rings (SSSR count). The molecule has 1 atom stereocenters. The van der Waals surface area contributed by atoms with Crippen molar-refractivity contribution < 1.29 is 14.3 Å². The molecule has 1 aliphatic heterocycles. The SMILES string of the molecule is CCOC(=O)C(c1ccc(Cl)cc1)N1CCN(C(=O)Cn2cnc3c(cnn3C)c2=O)CC1. The number of carbonyl (C=O) groups excluding carboxylic acids is 2. The molecule has 11 heteroatoms. The summed E-state index contributed by atoms with van der Waals surface area (Å²) in [4.78, 5) is 46.2. The minimum Gasteiger partial charge on any atom is -0.465 e. The van der Waals surface area contributed by atoms with Crippen LogP contribution in [-0.4, -0.2) is 73.8 Å². The van der Waals surface area contributed by atoms with E-state index in [0.29, 0.717) is 42.2 Å². The number of fused-ring (bicyclic) bond motifs is 1. The Bertz CT molecular complexity index is 1210. The van der Waals surface area contributed by atoms with Crippen LogP contribution in [0.3, 0.4) is 0 Å². The number of hydrogen-bond acceptors (Lipinski definition) is 7. The van der Waals surface area contributed by atoms with E-state index in [9.17, 15) is 14.4 Å². The molecule has 0 aliphatic carbocycles. The van der Waals surface area contributed by atoms with Gasteiger partial charge in [0.15, 0.2) is 5.65 Å². The molecule has 1 aromatic carbocycles. The molecule has 10 nitrogen and oxygen atoms in total. The van der Waals surface area contributed by atoms with Gasteiger partial charge in [0.05, 0.1) is 12.8 Å². The van der Waals surface area contributed by atoms with Gasteiger partial charge in [0, 0.05) is 38.2 Å². The van der Waals surface area contributed by atoms with E-state index in [2.05, 4.69) is 10.1 Å². The zero-order valence-electron chi connectivity index (χ0n) is 18.5. The first-order chi connectivity index (χ1) is 15.9. The van der Waals surface area contributed by atoms with Crippen molar-refractivity contribution in [1.82, 2.24) is 29.1 Å². The lowest BCUT2D eigenvalue weighted by atomic mass is 10.0. The predicted octanol–water partition coefficient (Wildman–Crippen LogP) is 1.23. The van der Waals surface area contributed by atoms with Crippen LogP contribution in [0.5, 0.6) is 0 Å². The van der Waals surface area contributed by atoms with Crippen molar-refractivity contribution in [2.45, 2.75) is 19.5 Å². The Morgan fingerprint density at radius 3 is 2.52 bits per heavy atom. The minimum absolute atomic E-state index is 0.102. The molecule has 1 unspecified atom stereocenters. The Hall–Kier alpha value is -3.24. The summed E-state index contributed by atoms with van der Waals surface area (Å²) < 4.78 is 8.12. The Labute approximate surface area is 195 Å². The molecule has 174 valence electrons. The number of amides is 1. The molecule has 0 radical (unpaired) electrons. The first-order valence-electron chi connectivity index (χ1n) is 10.7. The van der Waals surface area contributed by atoms with Crippen LogP contribution in [0, 0.1) is 0 Å². The summed E-state index contributed by atoms with van der Waals surface area (Å²) >= 11 is 6.00. The van der Waals surface area contributed by atoms with Crippen LogP contribution >= 0.6 is 11.6 Å². The average molecular weight is 473 g/mol. The maximum absolute atomic E-state index is 12.9. The molecular formula is C22H25ClN6O4. The van der Waals surface area contributed by atoms with Crippen molar-refractivity contribution in [3.63, 3.8) is 0 Å². The van der Waals surface area contributed by atoms with Crippen molar-refractivity contribution in [2.24, 2.45) is 7.05 Å². The summed E-state index contributed by atoms with van der Waals surface area (Å²) in [5.41, 5.74) is 0.967. The summed E-state index contributed by atoms with van der Waals surface area (Å²) in [5, 5.41) is 5.01. The summed E-state index contributed by atoms with van der Waals surface area (Å²) in [6.07, 6.45) is 2.83. The number of piperazine rings is 1. The molecule has 3 aromatic rings. The Balaban J connectivity index is 1.44. The fourth-order valence-electron chi connectivity index (χ4n) is 4.02. The first kappa shape index (κ1) is 22.9. The topological polar surface area (TPSA) is 103 Å². The number of ether oxygens (including phenoxy) is 1. The lowest BCUT2D eigenvalue weighted by molar-refractivity contribution is -0.151. The average Bonchev–Trinajstić information content (AvgIpc) is 3.19. The highest BCUT2D eigenvalue weighted by atomic mass is 35.5. The highest BCUT2D eigenvalue weighted by Gasteiger charge is 2.32. The number of esters is 1. The van der Waals surface area contributed by atoms with Crippen molar-refractivity contribution >= 4 is 34.5 Å². The van der Waals surface area contributed by atoms with Gasteiger partial charge < -0.3 is 9.64 Å². The standard InChI is InChI=1S/C22H25ClN6O4/c1-3-33-22(32)19(15-4-6-16(23)7-5-15)28-10-8-27(9-11-28)18(30)13-29-14-24-20-17(21(29)31)12-25-26(20)2/h4-7,12,14,19H,3,8-11,13H2,1-2H3. The number of nitrogens with zero attached hydrogens (tertiary/aromatic N) is 6. The van der Waals surface area contributed by atoms with E-state index < -0.39 is 6.04 Å². The van der Waals surface area contributed by atoms with Gasteiger partial charge in [0.2, 0.25) is 5.91 Å². The van der Waals surface area contributed by atoms with Gasteiger partial charge in [-0.05, 0) is 24.6 Å². The summed E-state index contributed by atoms with van der Waals surface area (Å²) in [7, 11) is 1.71. The van der Waals surface area contributed by atoms with Crippen LogP contribution in [0.25, 0.3) is 11.0 Å². The zero-order valence-corrected chi connectivity index (χ0v) is 19.2. The molecule has 0 N–H and O–H groups in total. The largest absolute Gasteiger partial charge is 0.465 e. The van der Waals surface area contributed by atoms with E-state index in [0.717, 1.165) is 5.56 Å². The van der Waals surface area contributed by atoms with E-state index in [1.165, 1.54) is 21.8 Å². The smallest absolute Gasteiger partial charge is 0.328 e. The van der Waals surface area contributed by atoms with Crippen molar-refractivity contribution in [3.8, 4) is 0 Å². The van der Waals surface area contributed by atoms with Crippen LogP contribution in [0.4, 0.5) is 0 Å².